The zero-order valence-corrected chi connectivity index (χ0v) is 12.3. The van der Waals surface area contributed by atoms with E-state index in [4.69, 9.17) is 10.6 Å². The molecule has 0 aliphatic rings. The van der Waals surface area contributed by atoms with E-state index in [-0.39, 0.29) is 18.3 Å². The number of nitrogens with zero attached hydrogens (tertiary/aromatic N) is 2. The van der Waals surface area contributed by atoms with Gasteiger partial charge in [-0.05, 0) is 27.7 Å². The van der Waals surface area contributed by atoms with Crippen LogP contribution >= 0.6 is 0 Å². The number of rotatable bonds is 7. The van der Waals surface area contributed by atoms with Gasteiger partial charge in [0, 0.05) is 24.7 Å². The van der Waals surface area contributed by atoms with Crippen molar-refractivity contribution >= 4 is 5.82 Å². The highest BCUT2D eigenvalue weighted by molar-refractivity contribution is 5.38. The van der Waals surface area contributed by atoms with Crippen molar-refractivity contribution in [2.24, 2.45) is 5.84 Å². The van der Waals surface area contributed by atoms with Crippen LogP contribution in [0.25, 0.3) is 0 Å². The molecule has 20 heavy (non-hydrogen) atoms. The first-order valence-corrected chi connectivity index (χ1v) is 6.58. The molecule has 0 fully saturated rings. The van der Waals surface area contributed by atoms with Crippen LogP contribution in [0, 0.1) is 11.6 Å². The molecule has 0 bridgehead atoms. The number of pyridine rings is 1. The van der Waals surface area contributed by atoms with Crippen LogP contribution in [0.3, 0.4) is 0 Å². The summed E-state index contributed by atoms with van der Waals surface area (Å²) in [5.41, 5.74) is 2.06. The third-order valence-corrected chi connectivity index (χ3v) is 2.95. The van der Waals surface area contributed by atoms with E-state index in [2.05, 4.69) is 43.0 Å². The molecular formula is C13H22F2N4O. The summed E-state index contributed by atoms with van der Waals surface area (Å²) < 4.78 is 32.0. The zero-order valence-electron chi connectivity index (χ0n) is 12.3. The molecule has 114 valence electrons. The van der Waals surface area contributed by atoms with Gasteiger partial charge in [0.15, 0.2) is 17.5 Å². The van der Waals surface area contributed by atoms with Crippen molar-refractivity contribution < 1.29 is 13.5 Å². The Labute approximate surface area is 118 Å². The summed E-state index contributed by atoms with van der Waals surface area (Å²) in [6, 6.07) is 1.40. The smallest absolute Gasteiger partial charge is 0.252 e. The number of hydrogen-bond donors (Lipinski definition) is 2. The Kier molecular flexibility index (Phi) is 6.09. The van der Waals surface area contributed by atoms with Crippen LogP contribution in [0.15, 0.2) is 6.07 Å². The SMILES string of the molecule is CC(C)N(CCOc1nc(NN)c(F)cc1F)C(C)C. The molecule has 0 aliphatic heterocycles. The maximum absolute atomic E-state index is 13.5. The number of nitrogen functional groups attached to an aromatic ring is 1. The van der Waals surface area contributed by atoms with Crippen molar-refractivity contribution in [3.05, 3.63) is 17.7 Å². The fraction of sp³-hybridized carbons (Fsp3) is 0.615. The van der Waals surface area contributed by atoms with Gasteiger partial charge in [0.25, 0.3) is 5.88 Å². The highest BCUT2D eigenvalue weighted by atomic mass is 19.1. The average Bonchev–Trinajstić information content (AvgIpc) is 2.35. The molecule has 0 atom stereocenters. The molecular weight excluding hydrogens is 266 g/mol. The summed E-state index contributed by atoms with van der Waals surface area (Å²) in [7, 11) is 0. The molecule has 1 aromatic rings. The van der Waals surface area contributed by atoms with Crippen molar-refractivity contribution in [2.45, 2.75) is 39.8 Å². The summed E-state index contributed by atoms with van der Waals surface area (Å²) >= 11 is 0. The van der Waals surface area contributed by atoms with Gasteiger partial charge in [-0.3, -0.25) is 4.90 Å². The lowest BCUT2D eigenvalue weighted by Crippen LogP contribution is -2.39. The monoisotopic (exact) mass is 288 g/mol. The van der Waals surface area contributed by atoms with Gasteiger partial charge >= 0.3 is 0 Å². The Morgan fingerprint density at radius 2 is 1.85 bits per heavy atom. The molecule has 0 aliphatic carbocycles. The Morgan fingerprint density at radius 3 is 2.35 bits per heavy atom. The van der Waals surface area contributed by atoms with Crippen LogP contribution in [-0.4, -0.2) is 35.1 Å². The largest absolute Gasteiger partial charge is 0.474 e. The molecule has 5 nitrogen and oxygen atoms in total. The highest BCUT2D eigenvalue weighted by Crippen LogP contribution is 2.20. The summed E-state index contributed by atoms with van der Waals surface area (Å²) in [5.74, 6) is 2.88. The predicted octanol–water partition coefficient (Wildman–Crippen LogP) is 2.14. The van der Waals surface area contributed by atoms with E-state index in [1.807, 2.05) is 0 Å². The minimum Gasteiger partial charge on any atom is -0.474 e. The van der Waals surface area contributed by atoms with Gasteiger partial charge in [-0.15, -0.1) is 0 Å². The highest BCUT2D eigenvalue weighted by Gasteiger charge is 2.15. The lowest BCUT2D eigenvalue weighted by Gasteiger charge is -2.30. The van der Waals surface area contributed by atoms with E-state index in [0.29, 0.717) is 24.7 Å². The zero-order chi connectivity index (χ0) is 15.3. The second-order valence-corrected chi connectivity index (χ2v) is 5.02. The van der Waals surface area contributed by atoms with Gasteiger partial charge in [0.05, 0.1) is 0 Å². The molecule has 0 unspecified atom stereocenters. The fourth-order valence-electron chi connectivity index (χ4n) is 2.01. The summed E-state index contributed by atoms with van der Waals surface area (Å²) in [6.07, 6.45) is 0. The second-order valence-electron chi connectivity index (χ2n) is 5.02. The van der Waals surface area contributed by atoms with E-state index >= 15 is 0 Å². The molecule has 1 aromatic heterocycles. The number of nitrogens with one attached hydrogen (secondary N) is 1. The van der Waals surface area contributed by atoms with Gasteiger partial charge in [-0.2, -0.15) is 4.98 Å². The number of hydrogen-bond acceptors (Lipinski definition) is 5. The normalized spacial score (nSPS) is 11.5. The summed E-state index contributed by atoms with van der Waals surface area (Å²) in [6.45, 7) is 9.19. The third-order valence-electron chi connectivity index (χ3n) is 2.95. The first-order chi connectivity index (χ1) is 9.36. The maximum atomic E-state index is 13.5. The van der Waals surface area contributed by atoms with Gasteiger partial charge in [0.2, 0.25) is 0 Å². The Morgan fingerprint density at radius 1 is 1.25 bits per heavy atom. The maximum Gasteiger partial charge on any atom is 0.252 e. The molecule has 3 N–H and O–H groups in total. The molecule has 7 heteroatoms. The molecule has 0 saturated heterocycles. The molecule has 0 aromatic carbocycles. The first-order valence-electron chi connectivity index (χ1n) is 6.58. The summed E-state index contributed by atoms with van der Waals surface area (Å²) in [5, 5.41) is 0. The van der Waals surface area contributed by atoms with Crippen LogP contribution in [0.5, 0.6) is 5.88 Å². The lowest BCUT2D eigenvalue weighted by molar-refractivity contribution is 0.138. The third kappa shape index (κ3) is 4.28. The van der Waals surface area contributed by atoms with E-state index in [9.17, 15) is 8.78 Å². The van der Waals surface area contributed by atoms with E-state index in [0.717, 1.165) is 0 Å². The average molecular weight is 288 g/mol. The van der Waals surface area contributed by atoms with E-state index < -0.39 is 11.6 Å². The quantitative estimate of drug-likeness (QED) is 0.594. The van der Waals surface area contributed by atoms with Crippen LogP contribution < -0.4 is 16.0 Å². The van der Waals surface area contributed by atoms with Gasteiger partial charge in [0.1, 0.15) is 6.61 Å². The van der Waals surface area contributed by atoms with Crippen LogP contribution in [0.1, 0.15) is 27.7 Å². The van der Waals surface area contributed by atoms with E-state index in [1.165, 1.54) is 0 Å². The number of halogens is 2. The molecule has 0 saturated carbocycles. The number of ether oxygens (including phenoxy) is 1. The van der Waals surface area contributed by atoms with Gasteiger partial charge < -0.3 is 10.2 Å². The Balaban J connectivity index is 2.66. The molecule has 0 amide bonds. The van der Waals surface area contributed by atoms with Crippen molar-refractivity contribution in [1.82, 2.24) is 9.88 Å². The minimum absolute atomic E-state index is 0.244. The van der Waals surface area contributed by atoms with Crippen LogP contribution in [-0.2, 0) is 0 Å². The minimum atomic E-state index is -0.858. The Bertz CT molecular complexity index is 433. The van der Waals surface area contributed by atoms with Gasteiger partial charge in [-0.25, -0.2) is 14.6 Å². The van der Waals surface area contributed by atoms with Crippen molar-refractivity contribution in [3.8, 4) is 5.88 Å². The molecule has 0 spiro atoms. The number of aromatic nitrogens is 1. The molecule has 1 rings (SSSR count). The lowest BCUT2D eigenvalue weighted by atomic mass is 10.2. The van der Waals surface area contributed by atoms with Crippen molar-refractivity contribution in [3.63, 3.8) is 0 Å². The standard InChI is InChI=1S/C13H22F2N4O/c1-8(2)19(9(3)4)5-6-20-13-11(15)7-10(14)12(17-13)18-16/h7-9H,5-6,16H2,1-4H3,(H,17,18). The number of nitrogens with two attached hydrogens (primary N) is 1. The first kappa shape index (κ1) is 16.6. The predicted molar refractivity (Wildman–Crippen MR) is 74.4 cm³/mol. The fourth-order valence-corrected chi connectivity index (χ4v) is 2.01. The van der Waals surface area contributed by atoms with Crippen molar-refractivity contribution in [1.29, 1.82) is 0 Å². The van der Waals surface area contributed by atoms with Crippen LogP contribution in [0.4, 0.5) is 14.6 Å². The summed E-state index contributed by atoms with van der Waals surface area (Å²) in [4.78, 5) is 5.85. The van der Waals surface area contributed by atoms with Gasteiger partial charge in [-0.1, -0.05) is 0 Å². The van der Waals surface area contributed by atoms with Crippen LogP contribution in [0.2, 0.25) is 0 Å². The number of anilines is 1. The van der Waals surface area contributed by atoms with Crippen molar-refractivity contribution in [2.75, 3.05) is 18.6 Å². The van der Waals surface area contributed by atoms with E-state index in [1.54, 1.807) is 0 Å². The second kappa shape index (κ2) is 7.35. The number of hydrazine groups is 1. The topological polar surface area (TPSA) is 63.4 Å². The molecule has 0 radical (unpaired) electrons. The molecule has 1 heterocycles. The Hall–Kier alpha value is -1.47.